The van der Waals surface area contributed by atoms with Crippen molar-refractivity contribution in [2.45, 2.75) is 12.5 Å². The van der Waals surface area contributed by atoms with Crippen LogP contribution in [0, 0.1) is 5.92 Å². The zero-order valence-electron chi connectivity index (χ0n) is 11.0. The molecule has 5 nitrogen and oxygen atoms in total. The lowest BCUT2D eigenvalue weighted by molar-refractivity contribution is 0.399. The molecule has 0 saturated carbocycles. The van der Waals surface area contributed by atoms with Crippen molar-refractivity contribution in [2.24, 2.45) is 11.8 Å². The van der Waals surface area contributed by atoms with Crippen molar-refractivity contribution in [1.82, 2.24) is 10.4 Å². The number of sulfone groups is 1. The summed E-state index contributed by atoms with van der Waals surface area (Å²) in [6, 6.07) is 9.69. The molecule has 2 atom stereocenters. The Hall–Kier alpha value is -1.50. The summed E-state index contributed by atoms with van der Waals surface area (Å²) in [5.41, 5.74) is 4.62. The van der Waals surface area contributed by atoms with Gasteiger partial charge in [0.05, 0.1) is 23.1 Å². The van der Waals surface area contributed by atoms with Gasteiger partial charge in [0.1, 0.15) is 0 Å². The van der Waals surface area contributed by atoms with Crippen molar-refractivity contribution >= 4 is 20.7 Å². The third-order valence-corrected chi connectivity index (χ3v) is 5.68. The molecule has 2 heterocycles. The van der Waals surface area contributed by atoms with Crippen LogP contribution < -0.4 is 11.3 Å². The summed E-state index contributed by atoms with van der Waals surface area (Å²) in [4.78, 5) is 4.41. The van der Waals surface area contributed by atoms with Gasteiger partial charge in [0.25, 0.3) is 0 Å². The fraction of sp³-hybridized carbons (Fsp3) is 0.357. The topological polar surface area (TPSA) is 85.1 Å². The molecule has 1 saturated heterocycles. The van der Waals surface area contributed by atoms with Gasteiger partial charge in [0, 0.05) is 11.6 Å². The molecule has 0 bridgehead atoms. The zero-order chi connectivity index (χ0) is 14.2. The summed E-state index contributed by atoms with van der Waals surface area (Å²) < 4.78 is 23.2. The van der Waals surface area contributed by atoms with Gasteiger partial charge in [-0.2, -0.15) is 0 Å². The third-order valence-electron chi connectivity index (χ3n) is 3.89. The Morgan fingerprint density at radius 3 is 2.85 bits per heavy atom. The summed E-state index contributed by atoms with van der Waals surface area (Å²) in [6.07, 6.45) is 2.42. The van der Waals surface area contributed by atoms with Crippen LogP contribution >= 0.6 is 0 Å². The number of hydrogen-bond donors (Lipinski definition) is 2. The highest BCUT2D eigenvalue weighted by Crippen LogP contribution is 2.31. The lowest BCUT2D eigenvalue weighted by Gasteiger charge is -2.22. The maximum atomic E-state index is 11.6. The van der Waals surface area contributed by atoms with Gasteiger partial charge in [-0.05, 0) is 30.0 Å². The van der Waals surface area contributed by atoms with E-state index in [0.717, 1.165) is 16.5 Å². The first-order valence-electron chi connectivity index (χ1n) is 6.60. The van der Waals surface area contributed by atoms with E-state index in [1.807, 2.05) is 30.3 Å². The van der Waals surface area contributed by atoms with Crippen LogP contribution in [-0.4, -0.2) is 24.9 Å². The number of fused-ring (bicyclic) bond motifs is 1. The summed E-state index contributed by atoms with van der Waals surface area (Å²) in [6.45, 7) is 0. The predicted octanol–water partition coefficient (Wildman–Crippen LogP) is 1.17. The minimum absolute atomic E-state index is 0.00737. The normalized spacial score (nSPS) is 22.9. The van der Waals surface area contributed by atoms with Crippen LogP contribution in [-0.2, 0) is 9.84 Å². The number of benzene rings is 1. The van der Waals surface area contributed by atoms with E-state index in [2.05, 4.69) is 10.4 Å². The molecule has 2 aromatic rings. The van der Waals surface area contributed by atoms with Gasteiger partial charge in [0.15, 0.2) is 9.84 Å². The Balaban J connectivity index is 1.95. The van der Waals surface area contributed by atoms with Crippen molar-refractivity contribution in [3.8, 4) is 0 Å². The molecule has 3 rings (SSSR count). The number of nitrogens with two attached hydrogens (primary N) is 1. The number of rotatable bonds is 3. The van der Waals surface area contributed by atoms with Crippen molar-refractivity contribution in [2.75, 3.05) is 11.5 Å². The molecule has 1 aliphatic rings. The summed E-state index contributed by atoms with van der Waals surface area (Å²) in [7, 11) is -2.92. The molecule has 106 valence electrons. The average Bonchev–Trinajstić information content (AvgIpc) is 2.80. The van der Waals surface area contributed by atoms with Crippen LogP contribution in [0.4, 0.5) is 0 Å². The van der Waals surface area contributed by atoms with Crippen LogP contribution in [0.25, 0.3) is 10.9 Å². The van der Waals surface area contributed by atoms with E-state index in [-0.39, 0.29) is 23.5 Å². The second kappa shape index (κ2) is 5.12. The lowest BCUT2D eigenvalue weighted by atomic mass is 9.93. The van der Waals surface area contributed by atoms with Gasteiger partial charge >= 0.3 is 0 Å². The number of hydrogen-bond acceptors (Lipinski definition) is 5. The Labute approximate surface area is 118 Å². The monoisotopic (exact) mass is 291 g/mol. The highest BCUT2D eigenvalue weighted by Gasteiger charge is 2.34. The lowest BCUT2D eigenvalue weighted by Crippen LogP contribution is -2.34. The average molecular weight is 291 g/mol. The van der Waals surface area contributed by atoms with Crippen LogP contribution in [0.1, 0.15) is 18.0 Å². The first-order valence-corrected chi connectivity index (χ1v) is 8.42. The first kappa shape index (κ1) is 13.5. The van der Waals surface area contributed by atoms with Crippen molar-refractivity contribution in [3.05, 3.63) is 42.1 Å². The Morgan fingerprint density at radius 1 is 1.35 bits per heavy atom. The molecule has 2 unspecified atom stereocenters. The zero-order valence-corrected chi connectivity index (χ0v) is 11.8. The van der Waals surface area contributed by atoms with E-state index in [9.17, 15) is 8.42 Å². The molecule has 0 radical (unpaired) electrons. The van der Waals surface area contributed by atoms with Gasteiger partial charge in [-0.3, -0.25) is 16.3 Å². The van der Waals surface area contributed by atoms with Gasteiger partial charge in [-0.1, -0.05) is 18.2 Å². The molecule has 1 fully saturated rings. The van der Waals surface area contributed by atoms with Gasteiger partial charge in [-0.15, -0.1) is 0 Å². The maximum Gasteiger partial charge on any atom is 0.150 e. The first-order chi connectivity index (χ1) is 9.59. The molecule has 1 aliphatic heterocycles. The summed E-state index contributed by atoms with van der Waals surface area (Å²) in [5.74, 6) is 6.09. The van der Waals surface area contributed by atoms with Crippen molar-refractivity contribution < 1.29 is 8.42 Å². The molecule has 6 heteroatoms. The minimum Gasteiger partial charge on any atom is -0.271 e. The SMILES string of the molecule is NNC(c1cnc2ccccc2c1)C1CCS(=O)(=O)C1. The van der Waals surface area contributed by atoms with E-state index in [1.54, 1.807) is 6.20 Å². The maximum absolute atomic E-state index is 11.6. The summed E-state index contributed by atoms with van der Waals surface area (Å²) >= 11 is 0. The van der Waals surface area contributed by atoms with E-state index in [4.69, 9.17) is 5.84 Å². The molecule has 1 aromatic heterocycles. The Bertz CT molecular complexity index is 730. The second-order valence-electron chi connectivity index (χ2n) is 5.27. The standard InChI is InChI=1S/C14H17N3O2S/c15-17-14(11-5-6-20(18,19)9-11)12-7-10-3-1-2-4-13(10)16-8-12/h1-4,7-8,11,14,17H,5-6,9,15H2. The number of hydrazine groups is 1. The Morgan fingerprint density at radius 2 is 2.15 bits per heavy atom. The number of pyridine rings is 1. The van der Waals surface area contributed by atoms with Gasteiger partial charge in [0.2, 0.25) is 0 Å². The predicted molar refractivity (Wildman–Crippen MR) is 78.6 cm³/mol. The van der Waals surface area contributed by atoms with Crippen molar-refractivity contribution in [3.63, 3.8) is 0 Å². The highest BCUT2D eigenvalue weighted by molar-refractivity contribution is 7.91. The fourth-order valence-electron chi connectivity index (χ4n) is 2.85. The van der Waals surface area contributed by atoms with E-state index < -0.39 is 9.84 Å². The van der Waals surface area contributed by atoms with E-state index in [1.165, 1.54) is 0 Å². The third kappa shape index (κ3) is 2.54. The smallest absolute Gasteiger partial charge is 0.150 e. The summed E-state index contributed by atoms with van der Waals surface area (Å²) in [5, 5.41) is 1.03. The fourth-order valence-corrected chi connectivity index (χ4v) is 4.69. The second-order valence-corrected chi connectivity index (χ2v) is 7.50. The van der Waals surface area contributed by atoms with Crippen LogP contribution in [0.5, 0.6) is 0 Å². The number of para-hydroxylation sites is 1. The molecule has 20 heavy (non-hydrogen) atoms. The van der Waals surface area contributed by atoms with E-state index >= 15 is 0 Å². The van der Waals surface area contributed by atoms with Gasteiger partial charge in [-0.25, -0.2) is 8.42 Å². The molecule has 0 aliphatic carbocycles. The minimum atomic E-state index is -2.92. The molecular weight excluding hydrogens is 274 g/mol. The van der Waals surface area contributed by atoms with Crippen molar-refractivity contribution in [1.29, 1.82) is 0 Å². The molecule has 0 amide bonds. The van der Waals surface area contributed by atoms with E-state index in [0.29, 0.717) is 6.42 Å². The van der Waals surface area contributed by atoms with Crippen LogP contribution in [0.15, 0.2) is 36.5 Å². The largest absolute Gasteiger partial charge is 0.271 e. The van der Waals surface area contributed by atoms with Crippen LogP contribution in [0.3, 0.4) is 0 Å². The number of aromatic nitrogens is 1. The molecule has 1 aromatic carbocycles. The Kier molecular flexibility index (Phi) is 3.45. The number of nitrogens with one attached hydrogen (secondary N) is 1. The highest BCUT2D eigenvalue weighted by atomic mass is 32.2. The molecule has 3 N–H and O–H groups in total. The molecular formula is C14H17N3O2S. The quantitative estimate of drug-likeness (QED) is 0.655. The van der Waals surface area contributed by atoms with Gasteiger partial charge < -0.3 is 0 Å². The molecule has 0 spiro atoms. The van der Waals surface area contributed by atoms with Crippen LogP contribution in [0.2, 0.25) is 0 Å². The number of nitrogens with zero attached hydrogens (tertiary/aromatic N) is 1.